The zero-order valence-electron chi connectivity index (χ0n) is 15.9. The van der Waals surface area contributed by atoms with Crippen molar-refractivity contribution in [3.63, 3.8) is 0 Å². The summed E-state index contributed by atoms with van der Waals surface area (Å²) in [6.07, 6.45) is 5.41. The van der Waals surface area contributed by atoms with Gasteiger partial charge in [0.2, 0.25) is 5.89 Å². The highest BCUT2D eigenvalue weighted by Gasteiger charge is 2.10. The van der Waals surface area contributed by atoms with Crippen LogP contribution in [0.25, 0.3) is 22.0 Å². The molecule has 0 atom stereocenters. The number of H-pyrrole nitrogens is 1. The van der Waals surface area contributed by atoms with E-state index >= 15 is 0 Å². The highest BCUT2D eigenvalue weighted by atomic mass is 16.5. The fourth-order valence-corrected chi connectivity index (χ4v) is 3.55. The highest BCUT2D eigenvalue weighted by Crippen LogP contribution is 2.21. The average Bonchev–Trinajstić information content (AvgIpc) is 3.40. The summed E-state index contributed by atoms with van der Waals surface area (Å²) in [5, 5.41) is 5.35. The van der Waals surface area contributed by atoms with Gasteiger partial charge in [-0.05, 0) is 34.7 Å². The molecule has 0 aliphatic heterocycles. The minimum Gasteiger partial charge on any atom is -0.361 e. The quantitative estimate of drug-likeness (QED) is 0.418. The molecule has 0 saturated carbocycles. The summed E-state index contributed by atoms with van der Waals surface area (Å²) < 4.78 is 5.41. The molecule has 0 bridgehead atoms. The lowest BCUT2D eigenvalue weighted by Gasteiger charge is -2.03. The summed E-state index contributed by atoms with van der Waals surface area (Å²) in [6, 6.07) is 27.1. The molecule has 2 aromatic heterocycles. The Bertz CT molecular complexity index is 1220. The Hall–Kier alpha value is -3.66. The molecule has 29 heavy (non-hydrogen) atoms. The van der Waals surface area contributed by atoms with Crippen molar-refractivity contribution in [3.8, 4) is 11.1 Å². The van der Waals surface area contributed by atoms with Crippen LogP contribution in [0.1, 0.15) is 22.8 Å². The minimum atomic E-state index is 0.561. The lowest BCUT2D eigenvalue weighted by molar-refractivity contribution is 0.391. The Morgan fingerprint density at radius 2 is 1.59 bits per heavy atom. The van der Waals surface area contributed by atoms with Crippen molar-refractivity contribution in [3.05, 3.63) is 114 Å². The van der Waals surface area contributed by atoms with Gasteiger partial charge in [-0.25, -0.2) is 0 Å². The molecule has 5 rings (SSSR count). The second kappa shape index (κ2) is 7.76. The number of hydrogen-bond donors (Lipinski definition) is 1. The highest BCUT2D eigenvalue weighted by molar-refractivity contribution is 5.83. The van der Waals surface area contributed by atoms with Crippen LogP contribution in [0.3, 0.4) is 0 Å². The van der Waals surface area contributed by atoms with Gasteiger partial charge in [-0.15, -0.1) is 0 Å². The SMILES string of the molecule is [CH](Cc1c[nH]c2ccccc12)c1nc(Cc2ccc(-c3ccccc3)cc2)no1. The molecule has 4 nitrogen and oxygen atoms in total. The molecule has 0 spiro atoms. The van der Waals surface area contributed by atoms with Gasteiger partial charge in [0.05, 0.1) is 6.42 Å². The molecule has 1 radical (unpaired) electrons. The van der Waals surface area contributed by atoms with Crippen LogP contribution in [-0.4, -0.2) is 15.1 Å². The molecule has 5 aromatic rings. The van der Waals surface area contributed by atoms with E-state index in [0.717, 1.165) is 17.5 Å². The van der Waals surface area contributed by atoms with Crippen molar-refractivity contribution < 1.29 is 4.52 Å². The number of rotatable bonds is 6. The van der Waals surface area contributed by atoms with Crippen molar-refractivity contribution in [2.45, 2.75) is 12.8 Å². The molecule has 0 aliphatic rings. The first-order chi connectivity index (χ1) is 14.3. The molecule has 2 heterocycles. The first kappa shape index (κ1) is 17.4. The molecule has 3 aromatic carbocycles. The fourth-order valence-electron chi connectivity index (χ4n) is 3.55. The molecule has 0 fully saturated rings. The van der Waals surface area contributed by atoms with E-state index in [1.165, 1.54) is 22.1 Å². The molecule has 0 unspecified atom stereocenters. The summed E-state index contributed by atoms with van der Waals surface area (Å²) in [4.78, 5) is 7.81. The molecular formula is C25H20N3O. The smallest absolute Gasteiger partial charge is 0.230 e. The number of benzene rings is 3. The third kappa shape index (κ3) is 3.83. The number of nitrogens with zero attached hydrogens (tertiary/aromatic N) is 2. The van der Waals surface area contributed by atoms with Crippen molar-refractivity contribution in [2.24, 2.45) is 0 Å². The summed E-state index contributed by atoms with van der Waals surface area (Å²) in [5.41, 5.74) is 5.94. The van der Waals surface area contributed by atoms with Gasteiger partial charge in [-0.1, -0.05) is 78.0 Å². The van der Waals surface area contributed by atoms with E-state index in [-0.39, 0.29) is 0 Å². The van der Waals surface area contributed by atoms with Crippen molar-refractivity contribution in [1.29, 1.82) is 0 Å². The topological polar surface area (TPSA) is 54.7 Å². The van der Waals surface area contributed by atoms with Crippen LogP contribution in [0, 0.1) is 6.42 Å². The van der Waals surface area contributed by atoms with Crippen molar-refractivity contribution >= 4 is 10.9 Å². The predicted molar refractivity (Wildman–Crippen MR) is 114 cm³/mol. The third-order valence-electron chi connectivity index (χ3n) is 5.08. The second-order valence-corrected chi connectivity index (χ2v) is 7.06. The fraction of sp³-hybridized carbons (Fsp3) is 0.0800. The van der Waals surface area contributed by atoms with Crippen LogP contribution in [0.2, 0.25) is 0 Å². The maximum atomic E-state index is 5.41. The Morgan fingerprint density at radius 1 is 0.828 bits per heavy atom. The monoisotopic (exact) mass is 378 g/mol. The van der Waals surface area contributed by atoms with Gasteiger partial charge in [0.1, 0.15) is 0 Å². The summed E-state index contributed by atoms with van der Waals surface area (Å²) >= 11 is 0. The van der Waals surface area contributed by atoms with Gasteiger partial charge in [-0.2, -0.15) is 4.98 Å². The molecule has 0 saturated heterocycles. The second-order valence-electron chi connectivity index (χ2n) is 7.06. The van der Waals surface area contributed by atoms with Crippen LogP contribution < -0.4 is 0 Å². The van der Waals surface area contributed by atoms with Crippen LogP contribution in [0.5, 0.6) is 0 Å². The van der Waals surface area contributed by atoms with E-state index < -0.39 is 0 Å². The van der Waals surface area contributed by atoms with E-state index in [2.05, 4.69) is 75.8 Å². The van der Waals surface area contributed by atoms with Crippen molar-refractivity contribution in [1.82, 2.24) is 15.1 Å². The molecular weight excluding hydrogens is 358 g/mol. The summed E-state index contributed by atoms with van der Waals surface area (Å²) in [5.74, 6) is 1.26. The zero-order chi connectivity index (χ0) is 19.5. The summed E-state index contributed by atoms with van der Waals surface area (Å²) in [6.45, 7) is 0. The van der Waals surface area contributed by atoms with Gasteiger partial charge in [0.25, 0.3) is 0 Å². The van der Waals surface area contributed by atoms with Gasteiger partial charge in [0.15, 0.2) is 5.82 Å². The van der Waals surface area contributed by atoms with Crippen molar-refractivity contribution in [2.75, 3.05) is 0 Å². The predicted octanol–water partition coefficient (Wildman–Crippen LogP) is 5.60. The average molecular weight is 378 g/mol. The largest absolute Gasteiger partial charge is 0.361 e. The van der Waals surface area contributed by atoms with E-state index in [4.69, 9.17) is 4.52 Å². The number of nitrogens with one attached hydrogen (secondary N) is 1. The Labute approximate surface area is 169 Å². The molecule has 141 valence electrons. The normalized spacial score (nSPS) is 11.2. The maximum absolute atomic E-state index is 5.41. The van der Waals surface area contributed by atoms with Gasteiger partial charge >= 0.3 is 0 Å². The Balaban J connectivity index is 1.23. The number of aromatic amines is 1. The molecule has 0 amide bonds. The Kier molecular flexibility index (Phi) is 4.67. The van der Waals surface area contributed by atoms with Gasteiger partial charge < -0.3 is 9.51 Å². The lowest BCUT2D eigenvalue weighted by atomic mass is 10.0. The first-order valence-corrected chi connectivity index (χ1v) is 9.70. The van der Waals surface area contributed by atoms with Gasteiger partial charge in [-0.3, -0.25) is 0 Å². The van der Waals surface area contributed by atoms with Crippen LogP contribution >= 0.6 is 0 Å². The van der Waals surface area contributed by atoms with Gasteiger partial charge in [0, 0.05) is 23.5 Å². The van der Waals surface area contributed by atoms with E-state index in [1.54, 1.807) is 0 Å². The van der Waals surface area contributed by atoms with E-state index in [0.29, 0.717) is 18.1 Å². The molecule has 1 N–H and O–H groups in total. The number of para-hydroxylation sites is 1. The van der Waals surface area contributed by atoms with Crippen LogP contribution in [0.15, 0.2) is 89.6 Å². The minimum absolute atomic E-state index is 0.561. The summed E-state index contributed by atoms with van der Waals surface area (Å²) in [7, 11) is 0. The number of aromatic nitrogens is 3. The van der Waals surface area contributed by atoms with E-state index in [1.807, 2.05) is 30.8 Å². The van der Waals surface area contributed by atoms with Crippen LogP contribution in [-0.2, 0) is 12.8 Å². The molecule has 4 heteroatoms. The lowest BCUT2D eigenvalue weighted by Crippen LogP contribution is -1.92. The first-order valence-electron chi connectivity index (χ1n) is 9.70. The number of fused-ring (bicyclic) bond motifs is 1. The Morgan fingerprint density at radius 3 is 2.45 bits per heavy atom. The maximum Gasteiger partial charge on any atom is 0.230 e. The van der Waals surface area contributed by atoms with Crippen LogP contribution in [0.4, 0.5) is 0 Å². The molecule has 0 aliphatic carbocycles. The standard InChI is InChI=1S/C25H20N3O/c1-2-6-19(7-3-1)20-12-10-18(11-13-20)16-24-27-25(29-28-24)15-14-21-17-26-23-9-5-4-8-22(21)23/h1-13,15,17,26H,14,16H2. The van der Waals surface area contributed by atoms with E-state index in [9.17, 15) is 0 Å². The zero-order valence-corrected chi connectivity index (χ0v) is 15.9. The third-order valence-corrected chi connectivity index (χ3v) is 5.08. The number of hydrogen-bond acceptors (Lipinski definition) is 3.